The fourth-order valence-corrected chi connectivity index (χ4v) is 7.14. The molecule has 1 unspecified atom stereocenters. The second kappa shape index (κ2) is 11.1. The Balaban J connectivity index is 1.50. The number of para-hydroxylation sites is 1. The summed E-state index contributed by atoms with van der Waals surface area (Å²) in [5.74, 6) is -1.50. The number of benzene rings is 3. The molecular weight excluding hydrogens is 575 g/mol. The van der Waals surface area contributed by atoms with Gasteiger partial charge in [-0.3, -0.25) is 14.4 Å². The molecule has 1 fully saturated rings. The van der Waals surface area contributed by atoms with E-state index in [0.29, 0.717) is 5.69 Å². The van der Waals surface area contributed by atoms with E-state index in [0.717, 1.165) is 25.7 Å². The van der Waals surface area contributed by atoms with Crippen LogP contribution in [-0.4, -0.2) is 48.0 Å². The van der Waals surface area contributed by atoms with Crippen molar-refractivity contribution in [3.63, 3.8) is 0 Å². The number of H-pyrrole nitrogens is 1. The predicted molar refractivity (Wildman–Crippen MR) is 154 cm³/mol. The smallest absolute Gasteiger partial charge is 0.252 e. The number of imide groups is 1. The van der Waals surface area contributed by atoms with Crippen molar-refractivity contribution >= 4 is 73.2 Å². The Morgan fingerprint density at radius 3 is 2.52 bits per heavy atom. The van der Waals surface area contributed by atoms with Gasteiger partial charge in [0, 0.05) is 41.3 Å². The summed E-state index contributed by atoms with van der Waals surface area (Å²) >= 11 is 12.4. The number of sulfonamides is 1. The first kappa shape index (κ1) is 27.9. The maximum atomic E-state index is 14.0. The lowest BCUT2D eigenvalue weighted by atomic mass is 10.1. The van der Waals surface area contributed by atoms with Crippen molar-refractivity contribution in [2.75, 3.05) is 16.8 Å². The molecule has 3 amide bonds. The van der Waals surface area contributed by atoms with E-state index in [1.807, 2.05) is 24.3 Å². The molecule has 0 aliphatic carbocycles. The quantitative estimate of drug-likeness (QED) is 0.277. The Morgan fingerprint density at radius 2 is 1.80 bits per heavy atom. The number of fused-ring (bicyclic) bond motifs is 1. The molecule has 1 atom stereocenters. The summed E-state index contributed by atoms with van der Waals surface area (Å²) in [7, 11) is -4.37. The number of hydrogen-bond acceptors (Lipinski definition) is 5. The van der Waals surface area contributed by atoms with Gasteiger partial charge in [-0.05, 0) is 60.5 Å². The van der Waals surface area contributed by atoms with E-state index < -0.39 is 27.9 Å². The molecule has 4 aromatic rings. The van der Waals surface area contributed by atoms with Crippen LogP contribution < -0.4 is 10.2 Å². The summed E-state index contributed by atoms with van der Waals surface area (Å²) in [6, 6.07) is 16.5. The lowest BCUT2D eigenvalue weighted by Gasteiger charge is -2.27. The van der Waals surface area contributed by atoms with Crippen molar-refractivity contribution in [3.05, 3.63) is 88.5 Å². The molecule has 1 saturated heterocycles. The highest BCUT2D eigenvalue weighted by atomic mass is 35.5. The monoisotopic (exact) mass is 598 g/mol. The standard InChI is InChI=1S/C28H24Cl2N4O5S/c1-17(35)32-20-7-9-21(10-8-20)34-27(36)15-25(28(34)37)33(40(38,39)26-14-19(29)6-11-23(26)30)13-12-18-16-31-24-5-3-2-4-22(18)24/h2-11,14,16,25,31H,12-13,15H2,1H3,(H,32,35). The Labute approximate surface area is 240 Å². The molecule has 206 valence electrons. The molecule has 1 aliphatic rings. The molecule has 40 heavy (non-hydrogen) atoms. The Bertz CT molecular complexity index is 1740. The number of nitrogens with zero attached hydrogens (tertiary/aromatic N) is 2. The number of aromatic nitrogens is 1. The summed E-state index contributed by atoms with van der Waals surface area (Å²) in [5, 5.41) is 3.66. The van der Waals surface area contributed by atoms with Gasteiger partial charge in [-0.15, -0.1) is 0 Å². The Hall–Kier alpha value is -3.70. The van der Waals surface area contributed by atoms with Gasteiger partial charge in [-0.2, -0.15) is 4.31 Å². The van der Waals surface area contributed by atoms with Crippen molar-refractivity contribution in [3.8, 4) is 0 Å². The summed E-state index contributed by atoms with van der Waals surface area (Å²) in [6.45, 7) is 1.27. The molecule has 1 aromatic heterocycles. The number of carbonyl (C=O) groups excluding carboxylic acids is 3. The summed E-state index contributed by atoms with van der Waals surface area (Å²) in [4.78, 5) is 42.0. The molecule has 0 saturated carbocycles. The average molecular weight is 599 g/mol. The molecule has 1 aliphatic heterocycles. The van der Waals surface area contributed by atoms with E-state index in [-0.39, 0.29) is 45.9 Å². The Morgan fingerprint density at radius 1 is 1.07 bits per heavy atom. The second-order valence-corrected chi connectivity index (χ2v) is 12.0. The van der Waals surface area contributed by atoms with Gasteiger partial charge in [0.2, 0.25) is 21.8 Å². The van der Waals surface area contributed by atoms with Crippen molar-refractivity contribution in [2.24, 2.45) is 0 Å². The van der Waals surface area contributed by atoms with Gasteiger partial charge in [-0.1, -0.05) is 41.4 Å². The third kappa shape index (κ3) is 5.35. The van der Waals surface area contributed by atoms with Crippen LogP contribution in [0.1, 0.15) is 18.9 Å². The van der Waals surface area contributed by atoms with Crippen LogP contribution in [0, 0.1) is 0 Å². The zero-order valence-corrected chi connectivity index (χ0v) is 23.6. The number of rotatable bonds is 8. The average Bonchev–Trinajstić information content (AvgIpc) is 3.45. The number of hydrogen-bond donors (Lipinski definition) is 2. The minimum Gasteiger partial charge on any atom is -0.361 e. The van der Waals surface area contributed by atoms with Gasteiger partial charge in [-0.25, -0.2) is 13.3 Å². The maximum Gasteiger partial charge on any atom is 0.252 e. The van der Waals surface area contributed by atoms with Gasteiger partial charge in [0.15, 0.2) is 0 Å². The van der Waals surface area contributed by atoms with Crippen LogP contribution in [0.25, 0.3) is 10.9 Å². The summed E-state index contributed by atoms with van der Waals surface area (Å²) in [5.41, 5.74) is 2.51. The van der Waals surface area contributed by atoms with E-state index in [9.17, 15) is 22.8 Å². The third-order valence-electron chi connectivity index (χ3n) is 6.67. The largest absolute Gasteiger partial charge is 0.361 e. The maximum absolute atomic E-state index is 14.0. The Kier molecular flexibility index (Phi) is 7.70. The molecular formula is C28H24Cl2N4O5S. The molecule has 5 rings (SSSR count). The third-order valence-corrected chi connectivity index (χ3v) is 9.30. The first-order valence-corrected chi connectivity index (χ1v) is 14.5. The molecule has 12 heteroatoms. The minimum atomic E-state index is -4.37. The fraction of sp³-hybridized carbons (Fsp3) is 0.179. The summed E-state index contributed by atoms with van der Waals surface area (Å²) in [6.07, 6.45) is 1.72. The SMILES string of the molecule is CC(=O)Nc1ccc(N2C(=O)CC(N(CCc3c[nH]c4ccccc34)S(=O)(=O)c3cc(Cl)ccc3Cl)C2=O)cc1. The topological polar surface area (TPSA) is 120 Å². The first-order valence-electron chi connectivity index (χ1n) is 12.3. The van der Waals surface area contributed by atoms with E-state index in [4.69, 9.17) is 23.2 Å². The first-order chi connectivity index (χ1) is 19.1. The van der Waals surface area contributed by atoms with Crippen LogP contribution >= 0.6 is 23.2 Å². The van der Waals surface area contributed by atoms with Gasteiger partial charge >= 0.3 is 0 Å². The van der Waals surface area contributed by atoms with Crippen LogP contribution in [0.5, 0.6) is 0 Å². The fourth-order valence-electron chi connectivity index (χ4n) is 4.82. The van der Waals surface area contributed by atoms with Crippen molar-refractivity contribution in [2.45, 2.75) is 30.7 Å². The van der Waals surface area contributed by atoms with Crippen LogP contribution in [-0.2, 0) is 30.8 Å². The highest BCUT2D eigenvalue weighted by Crippen LogP contribution is 2.34. The number of amides is 3. The van der Waals surface area contributed by atoms with Crippen molar-refractivity contribution in [1.29, 1.82) is 0 Å². The lowest BCUT2D eigenvalue weighted by molar-refractivity contribution is -0.122. The highest BCUT2D eigenvalue weighted by Gasteiger charge is 2.47. The predicted octanol–water partition coefficient (Wildman–Crippen LogP) is 5.00. The number of carbonyl (C=O) groups is 3. The molecule has 0 radical (unpaired) electrons. The van der Waals surface area contributed by atoms with E-state index in [1.165, 1.54) is 37.3 Å². The molecule has 3 aromatic carbocycles. The normalized spacial score (nSPS) is 15.8. The number of nitrogens with one attached hydrogen (secondary N) is 2. The molecule has 0 bridgehead atoms. The summed E-state index contributed by atoms with van der Waals surface area (Å²) < 4.78 is 29.1. The van der Waals surface area contributed by atoms with Crippen LogP contribution in [0.15, 0.2) is 77.8 Å². The second-order valence-electron chi connectivity index (χ2n) is 9.32. The highest BCUT2D eigenvalue weighted by molar-refractivity contribution is 7.89. The van der Waals surface area contributed by atoms with Gasteiger partial charge in [0.25, 0.3) is 5.91 Å². The van der Waals surface area contributed by atoms with Gasteiger partial charge in [0.05, 0.1) is 17.1 Å². The molecule has 2 heterocycles. The number of halogens is 2. The lowest BCUT2D eigenvalue weighted by Crippen LogP contribution is -2.46. The zero-order chi connectivity index (χ0) is 28.6. The molecule has 2 N–H and O–H groups in total. The zero-order valence-electron chi connectivity index (χ0n) is 21.2. The van der Waals surface area contributed by atoms with Crippen LogP contribution in [0.3, 0.4) is 0 Å². The van der Waals surface area contributed by atoms with Crippen LogP contribution in [0.4, 0.5) is 11.4 Å². The van der Waals surface area contributed by atoms with Crippen molar-refractivity contribution < 1.29 is 22.8 Å². The van der Waals surface area contributed by atoms with E-state index in [2.05, 4.69) is 10.3 Å². The van der Waals surface area contributed by atoms with E-state index >= 15 is 0 Å². The minimum absolute atomic E-state index is 0.0521. The van der Waals surface area contributed by atoms with Crippen molar-refractivity contribution in [1.82, 2.24) is 9.29 Å². The molecule has 0 spiro atoms. The van der Waals surface area contributed by atoms with Gasteiger partial charge in [0.1, 0.15) is 10.9 Å². The number of aromatic amines is 1. The van der Waals surface area contributed by atoms with E-state index in [1.54, 1.807) is 18.3 Å². The van der Waals surface area contributed by atoms with Gasteiger partial charge < -0.3 is 10.3 Å². The number of anilines is 2. The van der Waals surface area contributed by atoms with Crippen LogP contribution in [0.2, 0.25) is 10.0 Å². The molecule has 9 nitrogen and oxygen atoms in total.